The van der Waals surface area contributed by atoms with Gasteiger partial charge in [-0.05, 0) is 6.92 Å². The maximum atomic E-state index is 12.3. The summed E-state index contributed by atoms with van der Waals surface area (Å²) in [5.41, 5.74) is 0.778. The van der Waals surface area contributed by atoms with Crippen LogP contribution in [0, 0.1) is 0 Å². The van der Waals surface area contributed by atoms with Crippen molar-refractivity contribution in [3.05, 3.63) is 35.9 Å². The molecule has 1 heterocycles. The maximum Gasteiger partial charge on any atom is 0.234 e. The molecule has 2 rings (SSSR count). The molecule has 1 N–H and O–H groups in total. The lowest BCUT2D eigenvalue weighted by atomic mass is 10.0. The van der Waals surface area contributed by atoms with E-state index in [4.69, 9.17) is 4.74 Å². The second kappa shape index (κ2) is 10.3. The Labute approximate surface area is 150 Å². The summed E-state index contributed by atoms with van der Waals surface area (Å²) in [5, 5.41) is 2.85. The fourth-order valence-corrected chi connectivity index (χ4v) is 3.05. The van der Waals surface area contributed by atoms with E-state index >= 15 is 0 Å². The number of carbonyl (C=O) groups is 2. The molecular weight excluding hydrogens is 318 g/mol. The molecule has 0 aliphatic carbocycles. The number of ketones is 1. The first-order valence-electron chi connectivity index (χ1n) is 8.90. The fourth-order valence-electron chi connectivity index (χ4n) is 3.05. The Morgan fingerprint density at radius 1 is 1.16 bits per heavy atom. The molecule has 1 aliphatic heterocycles. The van der Waals surface area contributed by atoms with Gasteiger partial charge in [0.2, 0.25) is 5.91 Å². The predicted molar refractivity (Wildman–Crippen MR) is 97.8 cm³/mol. The van der Waals surface area contributed by atoms with Crippen molar-refractivity contribution in [2.75, 3.05) is 53.0 Å². The Hall–Kier alpha value is -1.76. The standard InChI is InChI=1S/C19H29N3O3/c1-16(14-18(23)17-6-4-3-5-7-17)22-11-9-21(10-12-22)15-19(24)20-8-13-25-2/h3-7,16H,8-15H2,1-2H3,(H,20,24)/t16-/m1/s1. The average molecular weight is 347 g/mol. The average Bonchev–Trinajstić information content (AvgIpc) is 2.63. The number of benzene rings is 1. The number of Topliss-reactive ketones (excluding diaryl/α,β-unsaturated/α-hetero) is 1. The van der Waals surface area contributed by atoms with Crippen molar-refractivity contribution in [1.29, 1.82) is 0 Å². The Morgan fingerprint density at radius 3 is 2.48 bits per heavy atom. The Balaban J connectivity index is 1.70. The molecule has 6 heteroatoms. The molecule has 1 fully saturated rings. The zero-order chi connectivity index (χ0) is 18.1. The van der Waals surface area contributed by atoms with E-state index in [1.165, 1.54) is 0 Å². The predicted octanol–water partition coefficient (Wildman–Crippen LogP) is 1.03. The van der Waals surface area contributed by atoms with E-state index in [9.17, 15) is 9.59 Å². The minimum Gasteiger partial charge on any atom is -0.383 e. The molecule has 0 spiro atoms. The quantitative estimate of drug-likeness (QED) is 0.534. The maximum absolute atomic E-state index is 12.3. The highest BCUT2D eigenvalue weighted by atomic mass is 16.5. The van der Waals surface area contributed by atoms with Gasteiger partial charge >= 0.3 is 0 Å². The fraction of sp³-hybridized carbons (Fsp3) is 0.579. The molecule has 0 saturated carbocycles. The van der Waals surface area contributed by atoms with Crippen LogP contribution >= 0.6 is 0 Å². The number of ether oxygens (including phenoxy) is 1. The Kier molecular flexibility index (Phi) is 8.04. The smallest absolute Gasteiger partial charge is 0.234 e. The molecule has 138 valence electrons. The van der Waals surface area contributed by atoms with Crippen LogP contribution in [0.5, 0.6) is 0 Å². The van der Waals surface area contributed by atoms with E-state index in [-0.39, 0.29) is 17.7 Å². The monoisotopic (exact) mass is 347 g/mol. The van der Waals surface area contributed by atoms with Crippen molar-refractivity contribution < 1.29 is 14.3 Å². The topological polar surface area (TPSA) is 61.9 Å². The van der Waals surface area contributed by atoms with Gasteiger partial charge in [0.1, 0.15) is 0 Å². The summed E-state index contributed by atoms with van der Waals surface area (Å²) in [4.78, 5) is 28.7. The second-order valence-electron chi connectivity index (χ2n) is 6.50. The van der Waals surface area contributed by atoms with E-state index in [0.717, 1.165) is 31.7 Å². The third-order valence-electron chi connectivity index (χ3n) is 4.60. The van der Waals surface area contributed by atoms with E-state index in [2.05, 4.69) is 22.0 Å². The summed E-state index contributed by atoms with van der Waals surface area (Å²) in [6.45, 7) is 7.08. The van der Waals surface area contributed by atoms with Crippen molar-refractivity contribution in [3.63, 3.8) is 0 Å². The van der Waals surface area contributed by atoms with E-state index in [1.807, 2.05) is 30.3 Å². The van der Waals surface area contributed by atoms with Crippen LogP contribution in [0.1, 0.15) is 23.7 Å². The van der Waals surface area contributed by atoms with Gasteiger partial charge in [-0.15, -0.1) is 0 Å². The van der Waals surface area contributed by atoms with Crippen LogP contribution in [0.25, 0.3) is 0 Å². The van der Waals surface area contributed by atoms with Gasteiger partial charge in [0.05, 0.1) is 13.2 Å². The molecule has 0 radical (unpaired) electrons. The van der Waals surface area contributed by atoms with Crippen LogP contribution < -0.4 is 5.32 Å². The third-order valence-corrected chi connectivity index (χ3v) is 4.60. The normalized spacial score (nSPS) is 17.2. The van der Waals surface area contributed by atoms with Crippen LogP contribution in [0.15, 0.2) is 30.3 Å². The summed E-state index contributed by atoms with van der Waals surface area (Å²) in [7, 11) is 1.62. The summed E-state index contributed by atoms with van der Waals surface area (Å²) in [6.07, 6.45) is 0.529. The van der Waals surface area contributed by atoms with Crippen LogP contribution in [-0.2, 0) is 9.53 Å². The van der Waals surface area contributed by atoms with Crippen LogP contribution in [0.2, 0.25) is 0 Å². The number of hydrogen-bond acceptors (Lipinski definition) is 5. The molecule has 1 aliphatic rings. The second-order valence-corrected chi connectivity index (χ2v) is 6.50. The van der Waals surface area contributed by atoms with Crippen LogP contribution in [-0.4, -0.2) is 80.5 Å². The van der Waals surface area contributed by atoms with Gasteiger partial charge in [-0.1, -0.05) is 30.3 Å². The first-order chi connectivity index (χ1) is 12.1. The third kappa shape index (κ3) is 6.57. The summed E-state index contributed by atoms with van der Waals surface area (Å²) in [5.74, 6) is 0.228. The van der Waals surface area contributed by atoms with Gasteiger partial charge in [-0.3, -0.25) is 19.4 Å². The van der Waals surface area contributed by atoms with E-state index < -0.39 is 0 Å². The van der Waals surface area contributed by atoms with Gasteiger partial charge in [0.15, 0.2) is 5.78 Å². The van der Waals surface area contributed by atoms with Gasteiger partial charge < -0.3 is 10.1 Å². The number of amides is 1. The van der Waals surface area contributed by atoms with Crippen molar-refractivity contribution in [1.82, 2.24) is 15.1 Å². The number of rotatable bonds is 9. The molecule has 25 heavy (non-hydrogen) atoms. The van der Waals surface area contributed by atoms with Crippen molar-refractivity contribution in [2.45, 2.75) is 19.4 Å². The zero-order valence-electron chi connectivity index (χ0n) is 15.2. The summed E-state index contributed by atoms with van der Waals surface area (Å²) in [6, 6.07) is 9.67. The summed E-state index contributed by atoms with van der Waals surface area (Å²) >= 11 is 0. The number of methoxy groups -OCH3 is 1. The van der Waals surface area contributed by atoms with Crippen molar-refractivity contribution >= 4 is 11.7 Å². The molecule has 0 aromatic heterocycles. The molecule has 6 nitrogen and oxygen atoms in total. The minimum atomic E-state index is 0.0396. The molecular formula is C19H29N3O3. The molecule has 1 saturated heterocycles. The highest BCUT2D eigenvalue weighted by Crippen LogP contribution is 2.12. The lowest BCUT2D eigenvalue weighted by Gasteiger charge is -2.37. The first kappa shape index (κ1) is 19.6. The van der Waals surface area contributed by atoms with Crippen molar-refractivity contribution in [2.24, 2.45) is 0 Å². The molecule has 1 aromatic rings. The highest BCUT2D eigenvalue weighted by Gasteiger charge is 2.24. The molecule has 1 amide bonds. The van der Waals surface area contributed by atoms with Crippen LogP contribution in [0.3, 0.4) is 0 Å². The largest absolute Gasteiger partial charge is 0.383 e. The van der Waals surface area contributed by atoms with E-state index in [1.54, 1.807) is 7.11 Å². The zero-order valence-corrected chi connectivity index (χ0v) is 15.2. The van der Waals surface area contributed by atoms with Gasteiger partial charge in [-0.25, -0.2) is 0 Å². The Morgan fingerprint density at radius 2 is 1.84 bits per heavy atom. The van der Waals surface area contributed by atoms with Gasteiger partial charge in [-0.2, -0.15) is 0 Å². The number of nitrogens with zero attached hydrogens (tertiary/aromatic N) is 2. The number of nitrogens with one attached hydrogen (secondary N) is 1. The molecule has 1 atom stereocenters. The SMILES string of the molecule is COCCNC(=O)CN1CCN([C@H](C)CC(=O)c2ccccc2)CC1. The molecule has 1 aromatic carbocycles. The van der Waals surface area contributed by atoms with Gasteiger partial charge in [0.25, 0.3) is 0 Å². The Bertz CT molecular complexity index is 542. The highest BCUT2D eigenvalue weighted by molar-refractivity contribution is 5.96. The molecule has 0 unspecified atom stereocenters. The number of piperazine rings is 1. The lowest BCUT2D eigenvalue weighted by molar-refractivity contribution is -0.122. The van der Waals surface area contributed by atoms with Gasteiger partial charge in [0, 0.05) is 57.9 Å². The van der Waals surface area contributed by atoms with Crippen LogP contribution in [0.4, 0.5) is 0 Å². The lowest BCUT2D eigenvalue weighted by Crippen LogP contribution is -2.52. The number of hydrogen-bond donors (Lipinski definition) is 1. The molecule has 0 bridgehead atoms. The summed E-state index contributed by atoms with van der Waals surface area (Å²) < 4.78 is 4.92. The first-order valence-corrected chi connectivity index (χ1v) is 8.90. The van der Waals surface area contributed by atoms with Crippen molar-refractivity contribution in [3.8, 4) is 0 Å². The van der Waals surface area contributed by atoms with E-state index in [0.29, 0.717) is 26.1 Å². The number of carbonyl (C=O) groups excluding carboxylic acids is 2. The minimum absolute atomic E-state index is 0.0396.